The Labute approximate surface area is 167 Å². The van der Waals surface area contributed by atoms with E-state index >= 15 is 0 Å². The second kappa shape index (κ2) is 9.02. The number of benzene rings is 1. The third kappa shape index (κ3) is 5.09. The van der Waals surface area contributed by atoms with Gasteiger partial charge in [0, 0.05) is 46.2 Å². The maximum atomic E-state index is 12.7. The lowest BCUT2D eigenvalue weighted by atomic mass is 10.1. The standard InChI is InChI=1S/C19H30N4O4S/c1-14(2)22-11-12-23(17(13-22)19(20)25)18(24)10-7-15-5-8-16(9-6-15)28(26,27)21(3)4/h5-6,8-9,14,17H,7,10-13H2,1-4H3,(H2,20,25). The highest BCUT2D eigenvalue weighted by molar-refractivity contribution is 7.89. The van der Waals surface area contributed by atoms with Crippen LogP contribution in [0.5, 0.6) is 0 Å². The molecule has 0 aromatic heterocycles. The van der Waals surface area contributed by atoms with Crippen molar-refractivity contribution in [3.63, 3.8) is 0 Å². The van der Waals surface area contributed by atoms with E-state index in [1.807, 2.05) is 0 Å². The minimum absolute atomic E-state index is 0.114. The van der Waals surface area contributed by atoms with Crippen LogP contribution in [0.4, 0.5) is 0 Å². The Kier molecular flexibility index (Phi) is 7.19. The first-order chi connectivity index (χ1) is 13.0. The van der Waals surface area contributed by atoms with Crippen LogP contribution in [0.2, 0.25) is 0 Å². The van der Waals surface area contributed by atoms with Crippen LogP contribution in [0.25, 0.3) is 0 Å². The van der Waals surface area contributed by atoms with Gasteiger partial charge in [0.2, 0.25) is 21.8 Å². The van der Waals surface area contributed by atoms with Gasteiger partial charge in [-0.1, -0.05) is 12.1 Å². The molecular weight excluding hydrogens is 380 g/mol. The highest BCUT2D eigenvalue weighted by atomic mass is 32.2. The molecule has 9 heteroatoms. The highest BCUT2D eigenvalue weighted by Crippen LogP contribution is 2.17. The summed E-state index contributed by atoms with van der Waals surface area (Å²) in [5, 5.41) is 0. The van der Waals surface area contributed by atoms with E-state index in [1.54, 1.807) is 29.2 Å². The lowest BCUT2D eigenvalue weighted by Crippen LogP contribution is -2.61. The number of hydrogen-bond acceptors (Lipinski definition) is 5. The van der Waals surface area contributed by atoms with Gasteiger partial charge in [-0.25, -0.2) is 12.7 Å². The molecule has 1 atom stereocenters. The number of sulfonamides is 1. The van der Waals surface area contributed by atoms with Gasteiger partial charge in [-0.15, -0.1) is 0 Å². The summed E-state index contributed by atoms with van der Waals surface area (Å²) >= 11 is 0. The topological polar surface area (TPSA) is 104 Å². The van der Waals surface area contributed by atoms with E-state index in [1.165, 1.54) is 14.1 Å². The molecule has 0 saturated carbocycles. The molecule has 0 aliphatic carbocycles. The van der Waals surface area contributed by atoms with E-state index in [4.69, 9.17) is 5.73 Å². The molecule has 1 aliphatic rings. The second-order valence-electron chi connectivity index (χ2n) is 7.53. The Morgan fingerprint density at radius 3 is 2.29 bits per heavy atom. The number of rotatable bonds is 7. The summed E-state index contributed by atoms with van der Waals surface area (Å²) < 4.78 is 25.4. The first-order valence-electron chi connectivity index (χ1n) is 9.38. The van der Waals surface area contributed by atoms with E-state index in [0.717, 1.165) is 9.87 Å². The zero-order valence-electron chi connectivity index (χ0n) is 17.0. The van der Waals surface area contributed by atoms with Crippen LogP contribution >= 0.6 is 0 Å². The minimum Gasteiger partial charge on any atom is -0.368 e. The summed E-state index contributed by atoms with van der Waals surface area (Å²) in [5.41, 5.74) is 6.39. The molecule has 1 fully saturated rings. The molecule has 28 heavy (non-hydrogen) atoms. The van der Waals surface area contributed by atoms with Gasteiger partial charge in [-0.05, 0) is 38.0 Å². The molecule has 0 spiro atoms. The maximum Gasteiger partial charge on any atom is 0.242 e. The predicted octanol–water partition coefficient (Wildman–Crippen LogP) is 0.276. The molecule has 0 bridgehead atoms. The summed E-state index contributed by atoms with van der Waals surface area (Å²) in [6.45, 7) is 5.75. The van der Waals surface area contributed by atoms with Gasteiger partial charge in [0.25, 0.3) is 0 Å². The summed E-state index contributed by atoms with van der Waals surface area (Å²) in [6, 6.07) is 6.19. The summed E-state index contributed by atoms with van der Waals surface area (Å²) in [4.78, 5) is 28.4. The van der Waals surface area contributed by atoms with Gasteiger partial charge in [-0.3, -0.25) is 14.5 Å². The molecule has 1 saturated heterocycles. The van der Waals surface area contributed by atoms with Crippen molar-refractivity contribution in [2.75, 3.05) is 33.7 Å². The monoisotopic (exact) mass is 410 g/mol. The zero-order valence-corrected chi connectivity index (χ0v) is 17.8. The van der Waals surface area contributed by atoms with Crippen molar-refractivity contribution in [3.05, 3.63) is 29.8 Å². The fraction of sp³-hybridized carbons (Fsp3) is 0.579. The van der Waals surface area contributed by atoms with Crippen LogP contribution < -0.4 is 5.73 Å². The SMILES string of the molecule is CC(C)N1CCN(C(=O)CCc2ccc(S(=O)(=O)N(C)C)cc2)C(C(N)=O)C1. The lowest BCUT2D eigenvalue weighted by molar-refractivity contribution is -0.143. The van der Waals surface area contributed by atoms with Crippen LogP contribution in [-0.2, 0) is 26.0 Å². The second-order valence-corrected chi connectivity index (χ2v) is 9.68. The smallest absolute Gasteiger partial charge is 0.242 e. The summed E-state index contributed by atoms with van der Waals surface area (Å²) in [5.74, 6) is -0.603. The molecule has 2 amide bonds. The van der Waals surface area contributed by atoms with Crippen LogP contribution in [0.15, 0.2) is 29.2 Å². The number of hydrogen-bond donors (Lipinski definition) is 1. The van der Waals surface area contributed by atoms with Crippen molar-refractivity contribution in [3.8, 4) is 0 Å². The molecule has 1 unspecified atom stereocenters. The molecule has 156 valence electrons. The Morgan fingerprint density at radius 2 is 1.79 bits per heavy atom. The van der Waals surface area contributed by atoms with Crippen molar-refractivity contribution in [2.45, 2.75) is 43.7 Å². The molecule has 0 radical (unpaired) electrons. The molecular formula is C19H30N4O4S. The largest absolute Gasteiger partial charge is 0.368 e. The normalized spacial score (nSPS) is 18.6. The zero-order chi connectivity index (χ0) is 21.1. The number of piperazine rings is 1. The number of primary amides is 1. The third-order valence-corrected chi connectivity index (χ3v) is 6.95. The molecule has 2 N–H and O–H groups in total. The van der Waals surface area contributed by atoms with Gasteiger partial charge in [-0.2, -0.15) is 0 Å². The van der Waals surface area contributed by atoms with Gasteiger partial charge in [0.05, 0.1) is 4.90 Å². The van der Waals surface area contributed by atoms with Gasteiger partial charge >= 0.3 is 0 Å². The number of nitrogens with zero attached hydrogens (tertiary/aromatic N) is 3. The van der Waals surface area contributed by atoms with Crippen molar-refractivity contribution in [1.82, 2.24) is 14.1 Å². The van der Waals surface area contributed by atoms with Crippen molar-refractivity contribution in [2.24, 2.45) is 5.73 Å². The Balaban J connectivity index is 2.00. The number of carbonyl (C=O) groups is 2. The van der Waals surface area contributed by atoms with E-state index in [2.05, 4.69) is 18.7 Å². The van der Waals surface area contributed by atoms with Crippen LogP contribution in [0.1, 0.15) is 25.8 Å². The Hall–Kier alpha value is -1.97. The molecule has 1 heterocycles. The number of nitrogens with two attached hydrogens (primary N) is 1. The molecule has 2 rings (SSSR count). The molecule has 1 aromatic carbocycles. The maximum absolute atomic E-state index is 12.7. The predicted molar refractivity (Wildman–Crippen MR) is 107 cm³/mol. The van der Waals surface area contributed by atoms with Crippen LogP contribution in [0.3, 0.4) is 0 Å². The Bertz CT molecular complexity index is 806. The number of amides is 2. The van der Waals surface area contributed by atoms with E-state index in [0.29, 0.717) is 26.1 Å². The van der Waals surface area contributed by atoms with Crippen molar-refractivity contribution >= 4 is 21.8 Å². The average molecular weight is 411 g/mol. The van der Waals surface area contributed by atoms with Crippen molar-refractivity contribution in [1.29, 1.82) is 0 Å². The first-order valence-corrected chi connectivity index (χ1v) is 10.8. The van der Waals surface area contributed by atoms with E-state index in [9.17, 15) is 18.0 Å². The lowest BCUT2D eigenvalue weighted by Gasteiger charge is -2.41. The summed E-state index contributed by atoms with van der Waals surface area (Å²) in [7, 11) is -0.505. The minimum atomic E-state index is -3.47. The van der Waals surface area contributed by atoms with E-state index < -0.39 is 22.0 Å². The van der Waals surface area contributed by atoms with Crippen LogP contribution in [-0.4, -0.2) is 80.2 Å². The quantitative estimate of drug-likeness (QED) is 0.695. The van der Waals surface area contributed by atoms with Crippen molar-refractivity contribution < 1.29 is 18.0 Å². The summed E-state index contributed by atoms with van der Waals surface area (Å²) in [6.07, 6.45) is 0.711. The fourth-order valence-corrected chi connectivity index (χ4v) is 4.15. The Morgan fingerprint density at radius 1 is 1.18 bits per heavy atom. The van der Waals surface area contributed by atoms with E-state index in [-0.39, 0.29) is 23.3 Å². The number of aryl methyl sites for hydroxylation is 1. The van der Waals surface area contributed by atoms with Gasteiger partial charge in [0.1, 0.15) is 6.04 Å². The van der Waals surface area contributed by atoms with Gasteiger partial charge in [0.15, 0.2) is 0 Å². The average Bonchev–Trinajstić information content (AvgIpc) is 2.65. The third-order valence-electron chi connectivity index (χ3n) is 5.12. The molecule has 1 aliphatic heterocycles. The number of carbonyl (C=O) groups excluding carboxylic acids is 2. The van der Waals surface area contributed by atoms with Gasteiger partial charge < -0.3 is 10.6 Å². The first kappa shape index (κ1) is 22.3. The van der Waals surface area contributed by atoms with Crippen LogP contribution in [0, 0.1) is 0 Å². The fourth-order valence-electron chi connectivity index (χ4n) is 3.25. The molecule has 8 nitrogen and oxygen atoms in total. The molecule has 1 aromatic rings. The highest BCUT2D eigenvalue weighted by Gasteiger charge is 2.34.